The number of halogens is 1. The zero-order valence-corrected chi connectivity index (χ0v) is 12.0. The van der Waals surface area contributed by atoms with Gasteiger partial charge < -0.3 is 10.5 Å². The second-order valence-corrected chi connectivity index (χ2v) is 5.03. The van der Waals surface area contributed by atoms with Gasteiger partial charge in [-0.1, -0.05) is 23.7 Å². The Bertz CT molecular complexity index is 608. The van der Waals surface area contributed by atoms with Crippen LogP contribution in [0.1, 0.15) is 11.1 Å². The average molecular weight is 290 g/mol. The molecule has 0 aliphatic carbocycles. The van der Waals surface area contributed by atoms with Gasteiger partial charge in [-0.15, -0.1) is 0 Å². The second-order valence-electron chi connectivity index (χ2n) is 4.59. The third-order valence-corrected chi connectivity index (χ3v) is 3.25. The summed E-state index contributed by atoms with van der Waals surface area (Å²) in [5, 5.41) is 0.598. The molecule has 0 spiro atoms. The van der Waals surface area contributed by atoms with Crippen molar-refractivity contribution >= 4 is 23.1 Å². The summed E-state index contributed by atoms with van der Waals surface area (Å²) in [6.07, 6.45) is 0.671. The third-order valence-electron chi connectivity index (χ3n) is 3.01. The summed E-state index contributed by atoms with van der Waals surface area (Å²) in [5.74, 6) is 0.787. The first kappa shape index (κ1) is 14.4. The summed E-state index contributed by atoms with van der Waals surface area (Å²) in [4.78, 5) is 12.1. The van der Waals surface area contributed by atoms with E-state index in [9.17, 15) is 4.79 Å². The number of rotatable bonds is 5. The highest BCUT2D eigenvalue weighted by atomic mass is 35.5. The summed E-state index contributed by atoms with van der Waals surface area (Å²) in [6, 6.07) is 12.6. The molecule has 0 atom stereocenters. The van der Waals surface area contributed by atoms with Gasteiger partial charge in [-0.25, -0.2) is 0 Å². The number of benzene rings is 2. The Balaban J connectivity index is 2.08. The molecule has 2 aromatic rings. The Morgan fingerprint density at radius 3 is 2.50 bits per heavy atom. The van der Waals surface area contributed by atoms with Crippen LogP contribution in [-0.2, 0) is 17.6 Å². The smallest absolute Gasteiger partial charge is 0.141 e. The van der Waals surface area contributed by atoms with Crippen LogP contribution in [0.5, 0.6) is 5.75 Å². The predicted octanol–water partition coefficient (Wildman–Crippen LogP) is 3.29. The molecule has 20 heavy (non-hydrogen) atoms. The average Bonchev–Trinajstić information content (AvgIpc) is 2.41. The molecule has 104 valence electrons. The number of hydrogen-bond donors (Lipinski definition) is 1. The number of nitrogens with two attached hydrogens (primary N) is 1. The number of methoxy groups -OCH3 is 1. The van der Waals surface area contributed by atoms with E-state index in [1.807, 2.05) is 12.1 Å². The first-order valence-corrected chi connectivity index (χ1v) is 6.65. The number of anilines is 1. The Kier molecular flexibility index (Phi) is 4.64. The van der Waals surface area contributed by atoms with Gasteiger partial charge in [-0.2, -0.15) is 0 Å². The van der Waals surface area contributed by atoms with Gasteiger partial charge in [0.2, 0.25) is 0 Å². The molecule has 2 N–H and O–H groups in total. The standard InChI is InChI=1S/C16H16ClNO2/c1-20-16-7-4-13(17)9-12(16)10-15(19)8-11-2-5-14(18)6-3-11/h2-7,9H,8,10,18H2,1H3. The van der Waals surface area contributed by atoms with Crippen LogP contribution in [0.25, 0.3) is 0 Å². The zero-order chi connectivity index (χ0) is 14.5. The Labute approximate surface area is 123 Å². The van der Waals surface area contributed by atoms with Crippen LogP contribution in [0.15, 0.2) is 42.5 Å². The molecule has 3 nitrogen and oxygen atoms in total. The molecule has 0 aliphatic rings. The SMILES string of the molecule is COc1ccc(Cl)cc1CC(=O)Cc1ccc(N)cc1. The maximum absolute atomic E-state index is 12.1. The molecule has 0 fully saturated rings. The lowest BCUT2D eigenvalue weighted by atomic mass is 10.0. The van der Waals surface area contributed by atoms with Crippen LogP contribution >= 0.6 is 11.6 Å². The first-order chi connectivity index (χ1) is 9.58. The summed E-state index contributed by atoms with van der Waals surface area (Å²) >= 11 is 5.95. The van der Waals surface area contributed by atoms with Crippen molar-refractivity contribution in [2.75, 3.05) is 12.8 Å². The minimum Gasteiger partial charge on any atom is -0.496 e. The van der Waals surface area contributed by atoms with Crippen molar-refractivity contribution in [2.45, 2.75) is 12.8 Å². The normalized spacial score (nSPS) is 10.3. The van der Waals surface area contributed by atoms with E-state index in [1.54, 1.807) is 37.4 Å². The quantitative estimate of drug-likeness (QED) is 0.859. The van der Waals surface area contributed by atoms with Crippen molar-refractivity contribution in [1.82, 2.24) is 0 Å². The molecule has 0 bridgehead atoms. The highest BCUT2D eigenvalue weighted by Crippen LogP contribution is 2.23. The van der Waals surface area contributed by atoms with E-state index in [0.29, 0.717) is 29.3 Å². The molecule has 0 aromatic heterocycles. The van der Waals surface area contributed by atoms with Crippen LogP contribution in [0.2, 0.25) is 5.02 Å². The lowest BCUT2D eigenvalue weighted by molar-refractivity contribution is -0.117. The Morgan fingerprint density at radius 2 is 1.85 bits per heavy atom. The fourth-order valence-electron chi connectivity index (χ4n) is 2.02. The van der Waals surface area contributed by atoms with E-state index >= 15 is 0 Å². The third kappa shape index (κ3) is 3.75. The van der Waals surface area contributed by atoms with Gasteiger partial charge in [0.15, 0.2) is 0 Å². The number of carbonyl (C=O) groups excluding carboxylic acids is 1. The molecular formula is C16H16ClNO2. The number of carbonyl (C=O) groups is 1. The number of nitrogen functional groups attached to an aromatic ring is 1. The maximum atomic E-state index is 12.1. The lowest BCUT2D eigenvalue weighted by Gasteiger charge is -2.08. The minimum absolute atomic E-state index is 0.107. The number of ketones is 1. The van der Waals surface area contributed by atoms with Gasteiger partial charge in [-0.05, 0) is 35.9 Å². The summed E-state index contributed by atoms with van der Waals surface area (Å²) in [5.41, 5.74) is 8.07. The molecule has 0 aliphatic heterocycles. The Morgan fingerprint density at radius 1 is 1.15 bits per heavy atom. The van der Waals surface area contributed by atoms with Crippen molar-refractivity contribution in [2.24, 2.45) is 0 Å². The van der Waals surface area contributed by atoms with Crippen molar-refractivity contribution in [3.8, 4) is 5.75 Å². The minimum atomic E-state index is 0.107. The molecule has 0 saturated heterocycles. The molecule has 0 radical (unpaired) electrons. The number of ether oxygens (including phenoxy) is 1. The van der Waals surface area contributed by atoms with Crippen molar-refractivity contribution in [3.05, 3.63) is 58.6 Å². The largest absolute Gasteiger partial charge is 0.496 e. The highest BCUT2D eigenvalue weighted by molar-refractivity contribution is 6.30. The van der Waals surface area contributed by atoms with Gasteiger partial charge in [0.1, 0.15) is 11.5 Å². The van der Waals surface area contributed by atoms with E-state index in [1.165, 1.54) is 0 Å². The van der Waals surface area contributed by atoms with Crippen LogP contribution in [0.3, 0.4) is 0 Å². The number of Topliss-reactive ketones (excluding diaryl/α,β-unsaturated/α-hetero) is 1. The van der Waals surface area contributed by atoms with Crippen LogP contribution in [0.4, 0.5) is 5.69 Å². The molecule has 4 heteroatoms. The van der Waals surface area contributed by atoms with Crippen LogP contribution in [-0.4, -0.2) is 12.9 Å². The highest BCUT2D eigenvalue weighted by Gasteiger charge is 2.10. The molecule has 0 amide bonds. The zero-order valence-electron chi connectivity index (χ0n) is 11.2. The van der Waals surface area contributed by atoms with E-state index < -0.39 is 0 Å². The number of hydrogen-bond acceptors (Lipinski definition) is 3. The lowest BCUT2D eigenvalue weighted by Crippen LogP contribution is -2.07. The molecule has 0 unspecified atom stereocenters. The first-order valence-electron chi connectivity index (χ1n) is 6.27. The topological polar surface area (TPSA) is 52.3 Å². The summed E-state index contributed by atoms with van der Waals surface area (Å²) in [6.45, 7) is 0. The van der Waals surface area contributed by atoms with E-state index in [-0.39, 0.29) is 5.78 Å². The Hall–Kier alpha value is -2.00. The van der Waals surface area contributed by atoms with Crippen LogP contribution < -0.4 is 10.5 Å². The predicted molar refractivity (Wildman–Crippen MR) is 81.3 cm³/mol. The fraction of sp³-hybridized carbons (Fsp3) is 0.188. The molecular weight excluding hydrogens is 274 g/mol. The second kappa shape index (κ2) is 6.44. The van der Waals surface area contributed by atoms with E-state index in [4.69, 9.17) is 22.1 Å². The van der Waals surface area contributed by atoms with Gasteiger partial charge in [-0.3, -0.25) is 4.79 Å². The molecule has 0 saturated carbocycles. The van der Waals surface area contributed by atoms with Crippen LogP contribution in [0, 0.1) is 0 Å². The van der Waals surface area contributed by atoms with Gasteiger partial charge in [0, 0.05) is 29.1 Å². The van der Waals surface area contributed by atoms with Gasteiger partial charge >= 0.3 is 0 Å². The molecule has 2 rings (SSSR count). The van der Waals surface area contributed by atoms with Crippen molar-refractivity contribution in [1.29, 1.82) is 0 Å². The molecule has 2 aromatic carbocycles. The molecule has 0 heterocycles. The maximum Gasteiger partial charge on any atom is 0.141 e. The van der Waals surface area contributed by atoms with Gasteiger partial charge in [0.25, 0.3) is 0 Å². The van der Waals surface area contributed by atoms with E-state index in [0.717, 1.165) is 11.1 Å². The summed E-state index contributed by atoms with van der Waals surface area (Å²) < 4.78 is 5.24. The van der Waals surface area contributed by atoms with E-state index in [2.05, 4.69) is 0 Å². The van der Waals surface area contributed by atoms with Crippen molar-refractivity contribution < 1.29 is 9.53 Å². The van der Waals surface area contributed by atoms with Gasteiger partial charge in [0.05, 0.1) is 7.11 Å². The summed E-state index contributed by atoms with van der Waals surface area (Å²) in [7, 11) is 1.58. The monoisotopic (exact) mass is 289 g/mol. The van der Waals surface area contributed by atoms with Crippen molar-refractivity contribution in [3.63, 3.8) is 0 Å². The fourth-order valence-corrected chi connectivity index (χ4v) is 2.22.